The van der Waals surface area contributed by atoms with Gasteiger partial charge >= 0.3 is 5.97 Å². The van der Waals surface area contributed by atoms with Crippen LogP contribution in [0.3, 0.4) is 0 Å². The Morgan fingerprint density at radius 3 is 2.55 bits per heavy atom. The summed E-state index contributed by atoms with van der Waals surface area (Å²) in [6.45, 7) is 2.53. The fraction of sp³-hybridized carbons (Fsp3) is 0.188. The molecule has 0 spiro atoms. The Hall–Kier alpha value is -2.49. The Balaban J connectivity index is 2.33. The van der Waals surface area contributed by atoms with E-state index in [1.54, 1.807) is 18.2 Å². The summed E-state index contributed by atoms with van der Waals surface area (Å²) in [5, 5.41) is 9.29. The van der Waals surface area contributed by atoms with Crippen LogP contribution < -0.4 is 10.6 Å². The molecule has 0 amide bonds. The molecule has 0 fully saturated rings. The maximum Gasteiger partial charge on any atom is 0.338 e. The molecule has 0 heterocycles. The van der Waals surface area contributed by atoms with Crippen molar-refractivity contribution in [1.29, 1.82) is 0 Å². The van der Waals surface area contributed by atoms with E-state index >= 15 is 0 Å². The molecule has 0 aliphatic carbocycles. The third-order valence-electron chi connectivity index (χ3n) is 3.33. The predicted octanol–water partition coefficient (Wildman–Crippen LogP) is 2.91. The molecule has 104 valence electrons. The minimum Gasteiger partial charge on any atom is -0.478 e. The lowest BCUT2D eigenvalue weighted by atomic mass is 10.0. The third kappa shape index (κ3) is 2.74. The van der Waals surface area contributed by atoms with E-state index in [2.05, 4.69) is 0 Å². The van der Waals surface area contributed by atoms with Gasteiger partial charge in [-0.3, -0.25) is 0 Å². The van der Waals surface area contributed by atoms with Crippen molar-refractivity contribution < 1.29 is 9.90 Å². The Bertz CT molecular complexity index is 638. The molecule has 0 unspecified atom stereocenters. The van der Waals surface area contributed by atoms with Crippen molar-refractivity contribution in [2.45, 2.75) is 13.5 Å². The molecule has 0 radical (unpaired) electrons. The van der Waals surface area contributed by atoms with Crippen molar-refractivity contribution in [2.75, 3.05) is 17.7 Å². The van der Waals surface area contributed by atoms with Gasteiger partial charge < -0.3 is 15.7 Å². The van der Waals surface area contributed by atoms with Crippen molar-refractivity contribution >= 4 is 17.3 Å². The van der Waals surface area contributed by atoms with Gasteiger partial charge in [0, 0.05) is 25.0 Å². The molecule has 4 heteroatoms. The molecule has 0 atom stereocenters. The van der Waals surface area contributed by atoms with Crippen LogP contribution in [0.4, 0.5) is 11.4 Å². The largest absolute Gasteiger partial charge is 0.478 e. The number of para-hydroxylation sites is 1. The summed E-state index contributed by atoms with van der Waals surface area (Å²) in [5.41, 5.74) is 9.19. The second-order valence-corrected chi connectivity index (χ2v) is 4.83. The van der Waals surface area contributed by atoms with Gasteiger partial charge in [-0.1, -0.05) is 30.3 Å². The van der Waals surface area contributed by atoms with Crippen molar-refractivity contribution in [3.8, 4) is 0 Å². The number of rotatable bonds is 4. The molecule has 2 aromatic rings. The lowest BCUT2D eigenvalue weighted by molar-refractivity contribution is 0.0697. The van der Waals surface area contributed by atoms with Crippen molar-refractivity contribution in [2.24, 2.45) is 0 Å². The highest BCUT2D eigenvalue weighted by molar-refractivity contribution is 5.95. The molecule has 3 N–H and O–H groups in total. The number of benzene rings is 2. The number of carboxylic acid groups (broad SMARTS) is 1. The maximum atomic E-state index is 11.3. The summed E-state index contributed by atoms with van der Waals surface area (Å²) >= 11 is 0. The number of nitrogens with two attached hydrogens (primary N) is 1. The van der Waals surface area contributed by atoms with Gasteiger partial charge in [0.2, 0.25) is 0 Å². The van der Waals surface area contributed by atoms with E-state index in [1.807, 2.05) is 43.1 Å². The van der Waals surface area contributed by atoms with Crippen LogP contribution >= 0.6 is 0 Å². The highest BCUT2D eigenvalue weighted by Gasteiger charge is 2.15. The number of hydrogen-bond acceptors (Lipinski definition) is 3. The first kappa shape index (κ1) is 13.9. The van der Waals surface area contributed by atoms with E-state index in [4.69, 9.17) is 5.73 Å². The van der Waals surface area contributed by atoms with Crippen molar-refractivity contribution in [3.63, 3.8) is 0 Å². The van der Waals surface area contributed by atoms with Crippen LogP contribution in [0.5, 0.6) is 0 Å². The van der Waals surface area contributed by atoms with Crippen molar-refractivity contribution in [3.05, 3.63) is 59.2 Å². The maximum absolute atomic E-state index is 11.3. The number of anilines is 2. The Morgan fingerprint density at radius 1 is 1.20 bits per heavy atom. The quantitative estimate of drug-likeness (QED) is 0.838. The first-order chi connectivity index (χ1) is 9.50. The van der Waals surface area contributed by atoms with E-state index in [0.29, 0.717) is 17.8 Å². The Kier molecular flexibility index (Phi) is 3.94. The van der Waals surface area contributed by atoms with Crippen LogP contribution in [-0.4, -0.2) is 18.1 Å². The number of nitrogens with zero attached hydrogens (tertiary/aromatic N) is 1. The molecule has 20 heavy (non-hydrogen) atoms. The van der Waals surface area contributed by atoms with Crippen LogP contribution in [0.15, 0.2) is 42.5 Å². The Labute approximate surface area is 118 Å². The smallest absolute Gasteiger partial charge is 0.338 e. The summed E-state index contributed by atoms with van der Waals surface area (Å²) in [5.74, 6) is -0.990. The molecule has 2 rings (SSSR count). The number of aromatic carboxylic acids is 1. The van der Waals surface area contributed by atoms with E-state index < -0.39 is 5.97 Å². The first-order valence-corrected chi connectivity index (χ1v) is 6.38. The molecule has 0 aromatic heterocycles. The summed E-state index contributed by atoms with van der Waals surface area (Å²) in [6.07, 6.45) is 0. The van der Waals surface area contributed by atoms with E-state index in [-0.39, 0.29) is 5.56 Å². The number of carboxylic acids is 1. The molecule has 0 aliphatic rings. The zero-order valence-electron chi connectivity index (χ0n) is 11.6. The van der Waals surface area contributed by atoms with E-state index in [1.165, 1.54) is 0 Å². The van der Waals surface area contributed by atoms with Gasteiger partial charge in [-0.2, -0.15) is 0 Å². The van der Waals surface area contributed by atoms with Gasteiger partial charge in [0.05, 0.1) is 5.56 Å². The number of carbonyl (C=O) groups is 1. The minimum absolute atomic E-state index is 0.188. The summed E-state index contributed by atoms with van der Waals surface area (Å²) in [7, 11) is 1.94. The number of aryl methyl sites for hydroxylation is 1. The molecule has 2 aromatic carbocycles. The van der Waals surface area contributed by atoms with Gasteiger partial charge in [0.1, 0.15) is 0 Å². The molecular formula is C16H18N2O2. The summed E-state index contributed by atoms with van der Waals surface area (Å²) < 4.78 is 0. The molecule has 0 saturated heterocycles. The average molecular weight is 270 g/mol. The molecule has 0 saturated carbocycles. The van der Waals surface area contributed by atoms with Gasteiger partial charge in [-0.25, -0.2) is 4.79 Å². The lowest BCUT2D eigenvalue weighted by Crippen LogP contribution is -2.20. The van der Waals surface area contributed by atoms with Crippen LogP contribution in [0.1, 0.15) is 21.5 Å². The number of nitrogen functional groups attached to an aromatic ring is 1. The highest BCUT2D eigenvalue weighted by atomic mass is 16.4. The van der Waals surface area contributed by atoms with Gasteiger partial charge in [0.25, 0.3) is 0 Å². The molecule has 0 bridgehead atoms. The zero-order chi connectivity index (χ0) is 14.7. The number of hydrogen-bond donors (Lipinski definition) is 2. The predicted molar refractivity (Wildman–Crippen MR) is 81.1 cm³/mol. The fourth-order valence-corrected chi connectivity index (χ4v) is 2.34. The lowest BCUT2D eigenvalue weighted by Gasteiger charge is -2.22. The van der Waals surface area contributed by atoms with Crippen LogP contribution in [-0.2, 0) is 6.54 Å². The monoisotopic (exact) mass is 270 g/mol. The zero-order valence-corrected chi connectivity index (χ0v) is 11.6. The second kappa shape index (κ2) is 5.65. The average Bonchev–Trinajstić information content (AvgIpc) is 2.38. The minimum atomic E-state index is -0.990. The molecular weight excluding hydrogens is 252 g/mol. The summed E-state index contributed by atoms with van der Waals surface area (Å²) in [6, 6.07) is 13.2. The molecule has 0 aliphatic heterocycles. The highest BCUT2D eigenvalue weighted by Crippen LogP contribution is 2.23. The summed E-state index contributed by atoms with van der Waals surface area (Å²) in [4.78, 5) is 13.4. The van der Waals surface area contributed by atoms with Crippen LogP contribution in [0, 0.1) is 6.92 Å². The van der Waals surface area contributed by atoms with Crippen LogP contribution in [0.25, 0.3) is 0 Å². The topological polar surface area (TPSA) is 66.6 Å². The standard InChI is InChI=1S/C16H18N2O2/c1-11-6-3-4-9-14(11)18(2)10-12-7-5-8-13(17)15(12)16(19)20/h3-9H,10,17H2,1-2H3,(H,19,20). The fourth-order valence-electron chi connectivity index (χ4n) is 2.34. The third-order valence-corrected chi connectivity index (χ3v) is 3.33. The normalized spacial score (nSPS) is 10.3. The van der Waals surface area contributed by atoms with E-state index in [9.17, 15) is 9.90 Å². The first-order valence-electron chi connectivity index (χ1n) is 6.38. The Morgan fingerprint density at radius 2 is 1.90 bits per heavy atom. The second-order valence-electron chi connectivity index (χ2n) is 4.83. The van der Waals surface area contributed by atoms with Gasteiger partial charge in [-0.05, 0) is 30.2 Å². The molecule has 4 nitrogen and oxygen atoms in total. The van der Waals surface area contributed by atoms with E-state index in [0.717, 1.165) is 11.3 Å². The SMILES string of the molecule is Cc1ccccc1N(C)Cc1cccc(N)c1C(=O)O. The van der Waals surface area contributed by atoms with Gasteiger partial charge in [-0.15, -0.1) is 0 Å². The van der Waals surface area contributed by atoms with Crippen molar-refractivity contribution in [1.82, 2.24) is 0 Å². The van der Waals surface area contributed by atoms with Gasteiger partial charge in [0.15, 0.2) is 0 Å². The van der Waals surface area contributed by atoms with Crippen LogP contribution in [0.2, 0.25) is 0 Å².